The molecular weight excluding hydrogens is 246 g/mol. The fraction of sp³-hybridized carbons (Fsp3) is 0.286. The first kappa shape index (κ1) is 13.1. The molecule has 0 aliphatic heterocycles. The van der Waals surface area contributed by atoms with Crippen molar-refractivity contribution in [2.45, 2.75) is 27.4 Å². The summed E-state index contributed by atoms with van der Waals surface area (Å²) in [6.45, 7) is 5.67. The summed E-state index contributed by atoms with van der Waals surface area (Å²) in [5.74, 6) is -0.258. The number of rotatable bonds is 4. The van der Waals surface area contributed by atoms with Crippen LogP contribution in [-0.2, 0) is 6.61 Å². The molecule has 0 aliphatic carbocycles. The highest BCUT2D eigenvalue weighted by Crippen LogP contribution is 2.22. The number of ether oxygens (including phenoxy) is 1. The van der Waals surface area contributed by atoms with Crippen LogP contribution in [0.3, 0.4) is 0 Å². The lowest BCUT2D eigenvalue weighted by Crippen LogP contribution is -1.98. The van der Waals surface area contributed by atoms with Gasteiger partial charge in [0.25, 0.3) is 0 Å². The van der Waals surface area contributed by atoms with Gasteiger partial charge >= 0.3 is 5.97 Å². The molecule has 100 valence electrons. The standard InChI is InChI=1S/C14H15NO4/c1-8-5-4-6-11(9(8)2)18-7-12-15-10(3)13(19-12)14(16)17/h4-6H,7H2,1-3H3,(H,16,17). The number of oxazole rings is 1. The Morgan fingerprint density at radius 1 is 1.37 bits per heavy atom. The van der Waals surface area contributed by atoms with Crippen molar-refractivity contribution in [1.82, 2.24) is 4.98 Å². The number of hydrogen-bond donors (Lipinski definition) is 1. The van der Waals surface area contributed by atoms with Crippen LogP contribution in [0.2, 0.25) is 0 Å². The molecule has 0 saturated carbocycles. The van der Waals surface area contributed by atoms with Gasteiger partial charge in [-0.1, -0.05) is 12.1 Å². The zero-order chi connectivity index (χ0) is 14.0. The van der Waals surface area contributed by atoms with Gasteiger partial charge in [-0.25, -0.2) is 9.78 Å². The van der Waals surface area contributed by atoms with E-state index >= 15 is 0 Å². The average Bonchev–Trinajstić information content (AvgIpc) is 2.73. The second kappa shape index (κ2) is 5.14. The third kappa shape index (κ3) is 2.76. The van der Waals surface area contributed by atoms with Crippen molar-refractivity contribution < 1.29 is 19.1 Å². The van der Waals surface area contributed by atoms with Crippen molar-refractivity contribution in [3.05, 3.63) is 46.7 Å². The van der Waals surface area contributed by atoms with Gasteiger partial charge in [0.05, 0.1) is 5.69 Å². The van der Waals surface area contributed by atoms with E-state index in [-0.39, 0.29) is 18.3 Å². The van der Waals surface area contributed by atoms with Gasteiger partial charge in [0.2, 0.25) is 11.7 Å². The highest BCUT2D eigenvalue weighted by Gasteiger charge is 2.16. The van der Waals surface area contributed by atoms with Gasteiger partial charge in [0.1, 0.15) is 5.75 Å². The molecule has 2 aromatic rings. The Labute approximate surface area is 110 Å². The molecule has 1 N–H and O–H groups in total. The largest absolute Gasteiger partial charge is 0.484 e. The zero-order valence-corrected chi connectivity index (χ0v) is 11.1. The Hall–Kier alpha value is -2.30. The maximum Gasteiger partial charge on any atom is 0.373 e. The van der Waals surface area contributed by atoms with Crippen molar-refractivity contribution in [1.29, 1.82) is 0 Å². The summed E-state index contributed by atoms with van der Waals surface area (Å²) in [6, 6.07) is 5.76. The summed E-state index contributed by atoms with van der Waals surface area (Å²) >= 11 is 0. The second-order valence-electron chi connectivity index (χ2n) is 4.31. The van der Waals surface area contributed by atoms with Crippen molar-refractivity contribution in [2.24, 2.45) is 0 Å². The van der Waals surface area contributed by atoms with Crippen LogP contribution in [0.5, 0.6) is 5.75 Å². The Morgan fingerprint density at radius 3 is 2.74 bits per heavy atom. The SMILES string of the molecule is Cc1cccc(OCc2nc(C)c(C(=O)O)o2)c1C. The molecule has 0 unspecified atom stereocenters. The number of aryl methyl sites for hydroxylation is 2. The van der Waals surface area contributed by atoms with E-state index in [0.29, 0.717) is 5.69 Å². The van der Waals surface area contributed by atoms with Gasteiger partial charge < -0.3 is 14.3 Å². The highest BCUT2D eigenvalue weighted by atomic mass is 16.5. The molecule has 1 aromatic heterocycles. The van der Waals surface area contributed by atoms with Crippen molar-refractivity contribution in [3.8, 4) is 5.75 Å². The number of carboxylic acid groups (broad SMARTS) is 1. The van der Waals surface area contributed by atoms with Crippen LogP contribution in [0.1, 0.15) is 33.3 Å². The molecule has 0 saturated heterocycles. The number of carbonyl (C=O) groups is 1. The molecule has 1 aromatic carbocycles. The average molecular weight is 261 g/mol. The van der Waals surface area contributed by atoms with E-state index < -0.39 is 5.97 Å². The van der Waals surface area contributed by atoms with E-state index in [4.69, 9.17) is 14.3 Å². The molecule has 0 spiro atoms. The second-order valence-corrected chi connectivity index (χ2v) is 4.31. The Balaban J connectivity index is 2.13. The van der Waals surface area contributed by atoms with Crippen molar-refractivity contribution in [3.63, 3.8) is 0 Å². The molecule has 0 bridgehead atoms. The molecule has 19 heavy (non-hydrogen) atoms. The monoisotopic (exact) mass is 261 g/mol. The molecule has 1 heterocycles. The van der Waals surface area contributed by atoms with E-state index in [1.54, 1.807) is 6.92 Å². The van der Waals surface area contributed by atoms with Gasteiger partial charge in [0, 0.05) is 0 Å². The van der Waals surface area contributed by atoms with E-state index in [2.05, 4.69) is 4.98 Å². The van der Waals surface area contributed by atoms with Crippen LogP contribution in [0, 0.1) is 20.8 Å². The van der Waals surface area contributed by atoms with Gasteiger partial charge in [-0.05, 0) is 38.0 Å². The molecule has 0 radical (unpaired) electrons. The van der Waals surface area contributed by atoms with Crippen LogP contribution in [-0.4, -0.2) is 16.1 Å². The normalized spacial score (nSPS) is 10.5. The van der Waals surface area contributed by atoms with E-state index in [9.17, 15) is 4.79 Å². The lowest BCUT2D eigenvalue weighted by Gasteiger charge is -2.08. The molecule has 5 heteroatoms. The third-order valence-electron chi connectivity index (χ3n) is 2.94. The summed E-state index contributed by atoms with van der Waals surface area (Å²) in [5.41, 5.74) is 2.53. The van der Waals surface area contributed by atoms with E-state index in [0.717, 1.165) is 16.9 Å². The maximum atomic E-state index is 10.8. The summed E-state index contributed by atoms with van der Waals surface area (Å²) in [7, 11) is 0. The first-order chi connectivity index (χ1) is 8.99. The molecule has 0 amide bonds. The van der Waals surface area contributed by atoms with Gasteiger partial charge in [-0.3, -0.25) is 0 Å². The lowest BCUT2D eigenvalue weighted by molar-refractivity contribution is 0.0657. The fourth-order valence-electron chi connectivity index (χ4n) is 1.73. The number of nitrogens with zero attached hydrogens (tertiary/aromatic N) is 1. The molecular formula is C14H15NO4. The van der Waals surface area contributed by atoms with Gasteiger partial charge in [-0.2, -0.15) is 0 Å². The molecule has 0 fully saturated rings. The van der Waals surface area contributed by atoms with Crippen LogP contribution >= 0.6 is 0 Å². The van der Waals surface area contributed by atoms with Crippen molar-refractivity contribution >= 4 is 5.97 Å². The summed E-state index contributed by atoms with van der Waals surface area (Å²) in [4.78, 5) is 14.9. The summed E-state index contributed by atoms with van der Waals surface area (Å²) in [5, 5.41) is 8.87. The molecule has 0 aliphatic rings. The van der Waals surface area contributed by atoms with Crippen LogP contribution in [0.25, 0.3) is 0 Å². The predicted octanol–water partition coefficient (Wildman–Crippen LogP) is 2.88. The highest BCUT2D eigenvalue weighted by molar-refractivity contribution is 5.85. The Bertz CT molecular complexity index is 616. The van der Waals surface area contributed by atoms with Crippen LogP contribution in [0.4, 0.5) is 0 Å². The maximum absolute atomic E-state index is 10.8. The first-order valence-corrected chi connectivity index (χ1v) is 5.87. The summed E-state index contributed by atoms with van der Waals surface area (Å²) in [6.07, 6.45) is 0. The smallest absolute Gasteiger partial charge is 0.373 e. The van der Waals surface area contributed by atoms with Gasteiger partial charge in [0.15, 0.2) is 6.61 Å². The predicted molar refractivity (Wildman–Crippen MR) is 68.4 cm³/mol. The third-order valence-corrected chi connectivity index (χ3v) is 2.94. The molecule has 0 atom stereocenters. The minimum atomic E-state index is -1.12. The Kier molecular flexibility index (Phi) is 3.55. The number of aromatic carboxylic acids is 1. The summed E-state index contributed by atoms with van der Waals surface area (Å²) < 4.78 is 10.7. The topological polar surface area (TPSA) is 72.6 Å². The van der Waals surface area contributed by atoms with E-state index in [1.165, 1.54) is 0 Å². The Morgan fingerprint density at radius 2 is 2.11 bits per heavy atom. The lowest BCUT2D eigenvalue weighted by atomic mass is 10.1. The number of benzene rings is 1. The van der Waals surface area contributed by atoms with Crippen LogP contribution < -0.4 is 4.74 Å². The number of carboxylic acids is 1. The number of aromatic nitrogens is 1. The minimum absolute atomic E-state index is 0.110. The molecule has 2 rings (SSSR count). The zero-order valence-electron chi connectivity index (χ0n) is 11.1. The first-order valence-electron chi connectivity index (χ1n) is 5.87. The fourth-order valence-corrected chi connectivity index (χ4v) is 1.73. The minimum Gasteiger partial charge on any atom is -0.484 e. The van der Waals surface area contributed by atoms with E-state index in [1.807, 2.05) is 32.0 Å². The van der Waals surface area contributed by atoms with Crippen LogP contribution in [0.15, 0.2) is 22.6 Å². The quantitative estimate of drug-likeness (QED) is 0.916. The van der Waals surface area contributed by atoms with Crippen molar-refractivity contribution in [2.75, 3.05) is 0 Å². The van der Waals surface area contributed by atoms with Gasteiger partial charge in [-0.15, -0.1) is 0 Å². The molecule has 5 nitrogen and oxygen atoms in total. The number of hydrogen-bond acceptors (Lipinski definition) is 4.